The average Bonchev–Trinajstić information content (AvgIpc) is 2.49. The van der Waals surface area contributed by atoms with Crippen LogP contribution in [0.4, 0.5) is 0 Å². The molecule has 0 aliphatic carbocycles. The van der Waals surface area contributed by atoms with Crippen molar-refractivity contribution in [1.29, 1.82) is 0 Å². The highest BCUT2D eigenvalue weighted by atomic mass is 35.5. The van der Waals surface area contributed by atoms with Crippen molar-refractivity contribution in [2.24, 2.45) is 0 Å². The number of rotatable bonds is 7. The molecule has 2 atom stereocenters. The van der Waals surface area contributed by atoms with E-state index in [1.165, 1.54) is 0 Å². The van der Waals surface area contributed by atoms with Crippen LogP contribution >= 0.6 is 11.6 Å². The van der Waals surface area contributed by atoms with Gasteiger partial charge >= 0.3 is 0 Å². The van der Waals surface area contributed by atoms with Gasteiger partial charge in [-0.05, 0) is 51.0 Å². The monoisotopic (exact) mass is 341 g/mol. The fourth-order valence-electron chi connectivity index (χ4n) is 2.89. The van der Waals surface area contributed by atoms with Crippen molar-refractivity contribution in [3.8, 4) is 5.75 Å². The first-order chi connectivity index (χ1) is 11.0. The molecular weight excluding hydrogens is 314 g/mol. The molecule has 0 aromatic heterocycles. The van der Waals surface area contributed by atoms with Gasteiger partial charge in [-0.1, -0.05) is 11.6 Å². The van der Waals surface area contributed by atoms with E-state index in [1.807, 2.05) is 26.0 Å². The summed E-state index contributed by atoms with van der Waals surface area (Å²) in [5, 5.41) is 0.778. The highest BCUT2D eigenvalue weighted by molar-refractivity contribution is 6.31. The van der Waals surface area contributed by atoms with Crippen molar-refractivity contribution in [1.82, 2.24) is 4.90 Å². The lowest BCUT2D eigenvalue weighted by molar-refractivity contribution is -0.0734. The smallest absolute Gasteiger partial charge is 0.122 e. The van der Waals surface area contributed by atoms with Gasteiger partial charge in [0.05, 0.1) is 25.4 Å². The lowest BCUT2D eigenvalue weighted by Crippen LogP contribution is -2.46. The van der Waals surface area contributed by atoms with Crippen LogP contribution in [-0.4, -0.2) is 56.6 Å². The number of nitrogens with zero attached hydrogens (tertiary/aromatic N) is 1. The van der Waals surface area contributed by atoms with E-state index in [1.54, 1.807) is 0 Å². The zero-order valence-electron chi connectivity index (χ0n) is 14.6. The molecule has 0 N–H and O–H groups in total. The molecule has 1 saturated heterocycles. The summed E-state index contributed by atoms with van der Waals surface area (Å²) in [5.41, 5.74) is 2.16. The zero-order chi connectivity index (χ0) is 16.8. The molecule has 1 aromatic rings. The van der Waals surface area contributed by atoms with E-state index in [0.29, 0.717) is 25.4 Å². The third-order valence-electron chi connectivity index (χ3n) is 4.20. The van der Waals surface area contributed by atoms with Crippen LogP contribution in [0, 0.1) is 13.8 Å². The summed E-state index contributed by atoms with van der Waals surface area (Å²) in [6.07, 6.45) is 0.608. The third kappa shape index (κ3) is 5.64. The van der Waals surface area contributed by atoms with Crippen LogP contribution < -0.4 is 4.74 Å². The Morgan fingerprint density at radius 3 is 2.48 bits per heavy atom. The Bertz CT molecular complexity index is 499. The molecule has 1 aromatic carbocycles. The topological polar surface area (TPSA) is 30.9 Å². The molecule has 4 nitrogen and oxygen atoms in total. The van der Waals surface area contributed by atoms with Gasteiger partial charge < -0.3 is 14.2 Å². The van der Waals surface area contributed by atoms with Gasteiger partial charge in [0.2, 0.25) is 0 Å². The van der Waals surface area contributed by atoms with Crippen molar-refractivity contribution >= 4 is 11.6 Å². The number of hydrogen-bond acceptors (Lipinski definition) is 4. The van der Waals surface area contributed by atoms with E-state index >= 15 is 0 Å². The van der Waals surface area contributed by atoms with Crippen LogP contribution in [0.3, 0.4) is 0 Å². The van der Waals surface area contributed by atoms with Gasteiger partial charge in [-0.3, -0.25) is 4.90 Å². The van der Waals surface area contributed by atoms with Crippen LogP contribution in [-0.2, 0) is 9.47 Å². The molecule has 2 rings (SSSR count). The number of ether oxygens (including phenoxy) is 3. The van der Waals surface area contributed by atoms with Crippen LogP contribution in [0.1, 0.15) is 25.0 Å². The van der Waals surface area contributed by atoms with Crippen molar-refractivity contribution in [3.63, 3.8) is 0 Å². The van der Waals surface area contributed by atoms with Gasteiger partial charge in [0, 0.05) is 24.7 Å². The molecule has 5 heteroatoms. The minimum absolute atomic E-state index is 0.304. The second kappa shape index (κ2) is 8.88. The Hall–Kier alpha value is -0.810. The summed E-state index contributed by atoms with van der Waals surface area (Å²) < 4.78 is 17.2. The summed E-state index contributed by atoms with van der Waals surface area (Å²) in [7, 11) is 0. The molecule has 0 radical (unpaired) electrons. The largest absolute Gasteiger partial charge is 0.491 e. The summed E-state index contributed by atoms with van der Waals surface area (Å²) in [5.74, 6) is 0.881. The maximum absolute atomic E-state index is 6.09. The molecule has 0 unspecified atom stereocenters. The van der Waals surface area contributed by atoms with E-state index < -0.39 is 0 Å². The Balaban J connectivity index is 1.62. The molecule has 1 fully saturated rings. The minimum Gasteiger partial charge on any atom is -0.491 e. The number of hydrogen-bond donors (Lipinski definition) is 0. The number of morpholine rings is 1. The molecule has 0 bridgehead atoms. The normalized spacial score (nSPS) is 22.3. The molecular formula is C18H28ClNO3. The number of benzene rings is 1. The molecule has 1 aliphatic rings. The maximum Gasteiger partial charge on any atom is 0.122 e. The molecule has 1 heterocycles. The third-order valence-corrected chi connectivity index (χ3v) is 4.61. The predicted octanol–water partition coefficient (Wildman–Crippen LogP) is 3.46. The van der Waals surface area contributed by atoms with Crippen molar-refractivity contribution in [2.75, 3.05) is 39.5 Å². The van der Waals surface area contributed by atoms with E-state index in [9.17, 15) is 0 Å². The highest BCUT2D eigenvalue weighted by Crippen LogP contribution is 2.27. The molecule has 0 spiro atoms. The summed E-state index contributed by atoms with van der Waals surface area (Å²) in [6.45, 7) is 13.0. The van der Waals surface area contributed by atoms with E-state index in [0.717, 1.165) is 48.1 Å². The lowest BCUT2D eigenvalue weighted by Gasteiger charge is -2.35. The molecule has 0 saturated carbocycles. The van der Waals surface area contributed by atoms with Gasteiger partial charge in [0.15, 0.2) is 0 Å². The van der Waals surface area contributed by atoms with Crippen LogP contribution in [0.2, 0.25) is 5.02 Å². The van der Waals surface area contributed by atoms with Gasteiger partial charge in [0.25, 0.3) is 0 Å². The van der Waals surface area contributed by atoms with Crippen LogP contribution in [0.5, 0.6) is 5.75 Å². The van der Waals surface area contributed by atoms with Crippen molar-refractivity contribution in [2.45, 2.75) is 39.9 Å². The first-order valence-corrected chi connectivity index (χ1v) is 8.69. The molecule has 23 heavy (non-hydrogen) atoms. The van der Waals surface area contributed by atoms with Gasteiger partial charge in [-0.15, -0.1) is 0 Å². The predicted molar refractivity (Wildman–Crippen MR) is 93.7 cm³/mol. The molecule has 130 valence electrons. The molecule has 1 aliphatic heterocycles. The highest BCUT2D eigenvalue weighted by Gasteiger charge is 2.21. The summed E-state index contributed by atoms with van der Waals surface area (Å²) >= 11 is 6.09. The van der Waals surface area contributed by atoms with E-state index in [2.05, 4.69) is 18.7 Å². The van der Waals surface area contributed by atoms with Crippen molar-refractivity contribution < 1.29 is 14.2 Å². The Morgan fingerprint density at radius 1 is 1.09 bits per heavy atom. The first kappa shape index (κ1) is 18.5. The SMILES string of the molecule is Cc1c(Cl)ccc(OCCOCCN2C[C@@H](C)O[C@H](C)C2)c1C. The van der Waals surface area contributed by atoms with Gasteiger partial charge in [0.1, 0.15) is 12.4 Å². The summed E-state index contributed by atoms with van der Waals surface area (Å²) in [6, 6.07) is 3.79. The second-order valence-electron chi connectivity index (χ2n) is 6.27. The lowest BCUT2D eigenvalue weighted by atomic mass is 10.1. The fraction of sp³-hybridized carbons (Fsp3) is 0.667. The average molecular weight is 342 g/mol. The summed E-state index contributed by atoms with van der Waals surface area (Å²) in [4.78, 5) is 2.40. The fourth-order valence-corrected chi connectivity index (χ4v) is 3.10. The van der Waals surface area contributed by atoms with E-state index in [-0.39, 0.29) is 0 Å². The molecule has 0 amide bonds. The van der Waals surface area contributed by atoms with Crippen LogP contribution in [0.15, 0.2) is 12.1 Å². The Morgan fingerprint density at radius 2 is 1.78 bits per heavy atom. The van der Waals surface area contributed by atoms with Crippen molar-refractivity contribution in [3.05, 3.63) is 28.3 Å². The Labute approximate surface area is 144 Å². The standard InChI is InChI=1S/C18H28ClNO3/c1-13-11-20(12-14(2)23-13)7-8-21-9-10-22-18-6-5-17(19)15(3)16(18)4/h5-6,13-14H,7-12H2,1-4H3/t13-,14-/m1/s1. The quantitative estimate of drug-likeness (QED) is 0.711. The van der Waals surface area contributed by atoms with Gasteiger partial charge in [-0.2, -0.15) is 0 Å². The van der Waals surface area contributed by atoms with Crippen LogP contribution in [0.25, 0.3) is 0 Å². The number of halogens is 1. The zero-order valence-corrected chi connectivity index (χ0v) is 15.4. The Kier molecular flexibility index (Phi) is 7.15. The maximum atomic E-state index is 6.09. The van der Waals surface area contributed by atoms with Gasteiger partial charge in [-0.25, -0.2) is 0 Å². The first-order valence-electron chi connectivity index (χ1n) is 8.31. The second-order valence-corrected chi connectivity index (χ2v) is 6.68. The minimum atomic E-state index is 0.304. The van der Waals surface area contributed by atoms with E-state index in [4.69, 9.17) is 25.8 Å².